The molecule has 0 aliphatic rings. The van der Waals surface area contributed by atoms with Crippen LogP contribution in [0.3, 0.4) is 0 Å². The van der Waals surface area contributed by atoms with E-state index in [4.69, 9.17) is 0 Å². The first-order valence-electron chi connectivity index (χ1n) is 10.6. The van der Waals surface area contributed by atoms with Gasteiger partial charge >= 0.3 is 6.18 Å². The van der Waals surface area contributed by atoms with Crippen LogP contribution in [0, 0.1) is 12.7 Å². The van der Waals surface area contributed by atoms with Crippen molar-refractivity contribution >= 4 is 22.5 Å². The molecule has 0 saturated heterocycles. The minimum Gasteiger partial charge on any atom is -0.322 e. The minimum atomic E-state index is -4.59. The van der Waals surface area contributed by atoms with E-state index >= 15 is 0 Å². The van der Waals surface area contributed by atoms with Gasteiger partial charge in [-0.25, -0.2) is 14.4 Å². The molecule has 0 bridgehead atoms. The van der Waals surface area contributed by atoms with E-state index in [1.165, 1.54) is 30.3 Å². The third-order valence-corrected chi connectivity index (χ3v) is 5.44. The fourth-order valence-electron chi connectivity index (χ4n) is 3.70. The normalized spacial score (nSPS) is 11.6. The van der Waals surface area contributed by atoms with E-state index in [9.17, 15) is 22.4 Å². The highest BCUT2D eigenvalue weighted by Gasteiger charge is 2.32. The van der Waals surface area contributed by atoms with Crippen LogP contribution < -0.4 is 5.32 Å². The fourth-order valence-corrected chi connectivity index (χ4v) is 3.70. The van der Waals surface area contributed by atoms with Crippen molar-refractivity contribution in [3.8, 4) is 22.6 Å². The average molecular weight is 492 g/mol. The summed E-state index contributed by atoms with van der Waals surface area (Å²) in [5.74, 6) is -0.910. The van der Waals surface area contributed by atoms with Crippen molar-refractivity contribution in [2.45, 2.75) is 13.1 Å². The maximum Gasteiger partial charge on any atom is 0.433 e. The van der Waals surface area contributed by atoms with Crippen molar-refractivity contribution < 1.29 is 22.4 Å². The molecule has 2 aromatic carbocycles. The van der Waals surface area contributed by atoms with Crippen molar-refractivity contribution in [3.63, 3.8) is 0 Å². The summed E-state index contributed by atoms with van der Waals surface area (Å²) in [6.45, 7) is 1.59. The maximum absolute atomic E-state index is 13.6. The number of aromatic amines is 1. The second-order valence-electron chi connectivity index (χ2n) is 7.92. The summed E-state index contributed by atoms with van der Waals surface area (Å²) in [7, 11) is 0. The van der Waals surface area contributed by atoms with Gasteiger partial charge in [0.1, 0.15) is 11.5 Å². The summed E-state index contributed by atoms with van der Waals surface area (Å²) < 4.78 is 52.3. The molecule has 0 unspecified atom stereocenters. The van der Waals surface area contributed by atoms with Crippen LogP contribution in [-0.4, -0.2) is 31.1 Å². The summed E-state index contributed by atoms with van der Waals surface area (Å²) in [6.07, 6.45) is -1.95. The number of halogens is 4. The molecule has 3 heterocycles. The van der Waals surface area contributed by atoms with Crippen LogP contribution in [0.4, 0.5) is 23.2 Å². The van der Waals surface area contributed by atoms with Crippen molar-refractivity contribution in [1.29, 1.82) is 0 Å². The molecular weight excluding hydrogens is 476 g/mol. The number of hydrogen-bond acceptors (Lipinski definition) is 5. The van der Waals surface area contributed by atoms with Gasteiger partial charge in [-0.15, -0.1) is 0 Å². The topological polar surface area (TPSA) is 96.5 Å². The Hall–Kier alpha value is -4.67. The fraction of sp³-hybridized carbons (Fsp3) is 0.0800. The number of alkyl halides is 3. The predicted octanol–water partition coefficient (Wildman–Crippen LogP) is 5.80. The Balaban J connectivity index is 1.58. The Kier molecular flexibility index (Phi) is 5.67. The van der Waals surface area contributed by atoms with E-state index in [2.05, 4.69) is 30.5 Å². The van der Waals surface area contributed by atoms with Crippen LogP contribution in [0.2, 0.25) is 0 Å². The molecular formula is C25H16F4N6O. The number of rotatable bonds is 4. The molecule has 180 valence electrons. The average Bonchev–Trinajstić information content (AvgIpc) is 3.31. The first-order chi connectivity index (χ1) is 17.2. The number of aromatic nitrogens is 5. The molecule has 0 fully saturated rings. The van der Waals surface area contributed by atoms with E-state index in [1.807, 2.05) is 0 Å². The van der Waals surface area contributed by atoms with E-state index in [1.54, 1.807) is 31.3 Å². The maximum atomic E-state index is 13.6. The van der Waals surface area contributed by atoms with Gasteiger partial charge in [-0.3, -0.25) is 14.9 Å². The molecule has 7 nitrogen and oxygen atoms in total. The Bertz CT molecular complexity index is 1580. The molecule has 1 amide bonds. The predicted molar refractivity (Wildman–Crippen MR) is 124 cm³/mol. The van der Waals surface area contributed by atoms with Crippen molar-refractivity contribution in [1.82, 2.24) is 25.1 Å². The van der Waals surface area contributed by atoms with Gasteiger partial charge in [0.05, 0.1) is 28.7 Å². The molecule has 0 aliphatic carbocycles. The smallest absolute Gasteiger partial charge is 0.322 e. The van der Waals surface area contributed by atoms with Gasteiger partial charge in [0, 0.05) is 28.4 Å². The number of carbonyl (C=O) groups excluding carboxylic acids is 1. The van der Waals surface area contributed by atoms with Gasteiger partial charge in [-0.2, -0.15) is 18.3 Å². The molecule has 5 rings (SSSR count). The van der Waals surface area contributed by atoms with Crippen LogP contribution >= 0.6 is 0 Å². The molecule has 2 N–H and O–H groups in total. The highest BCUT2D eigenvalue weighted by molar-refractivity contribution is 6.09. The Labute approximate surface area is 201 Å². The lowest BCUT2D eigenvalue weighted by Gasteiger charge is -2.14. The summed E-state index contributed by atoms with van der Waals surface area (Å²) in [6, 6.07) is 12.6. The summed E-state index contributed by atoms with van der Waals surface area (Å²) in [5, 5.41) is 10.4. The minimum absolute atomic E-state index is 0.0735. The molecule has 11 heteroatoms. The lowest BCUT2D eigenvalue weighted by atomic mass is 10.0. The number of fused-ring (bicyclic) bond motifs is 1. The molecule has 0 atom stereocenters. The number of aryl methyl sites for hydroxylation is 1. The van der Waals surface area contributed by atoms with Gasteiger partial charge in [0.15, 0.2) is 5.82 Å². The van der Waals surface area contributed by atoms with Gasteiger partial charge in [-0.1, -0.05) is 0 Å². The van der Waals surface area contributed by atoms with Crippen LogP contribution in [0.15, 0.2) is 67.0 Å². The largest absolute Gasteiger partial charge is 0.433 e. The number of pyridine rings is 1. The van der Waals surface area contributed by atoms with Crippen molar-refractivity contribution in [2.75, 3.05) is 5.32 Å². The second kappa shape index (κ2) is 8.84. The highest BCUT2D eigenvalue weighted by Crippen LogP contribution is 2.31. The lowest BCUT2D eigenvalue weighted by molar-refractivity contribution is -0.141. The van der Waals surface area contributed by atoms with Crippen LogP contribution in [0.25, 0.3) is 33.5 Å². The zero-order chi connectivity index (χ0) is 25.4. The van der Waals surface area contributed by atoms with Crippen molar-refractivity contribution in [3.05, 3.63) is 89.8 Å². The number of anilines is 1. The van der Waals surface area contributed by atoms with Gasteiger partial charge in [0.2, 0.25) is 0 Å². The summed E-state index contributed by atoms with van der Waals surface area (Å²) in [5.41, 5.74) is 1.53. The molecule has 0 radical (unpaired) electrons. The zero-order valence-corrected chi connectivity index (χ0v) is 18.6. The number of H-pyrrole nitrogens is 1. The lowest BCUT2D eigenvalue weighted by Crippen LogP contribution is -2.17. The van der Waals surface area contributed by atoms with Crippen LogP contribution in [0.1, 0.15) is 21.7 Å². The Morgan fingerprint density at radius 2 is 1.69 bits per heavy atom. The van der Waals surface area contributed by atoms with E-state index in [0.717, 1.165) is 23.2 Å². The molecule has 5 aromatic rings. The SMILES string of the molecule is Cc1nc(-c2ccc(C(F)(F)F)nc2)nc(-c2ccc(F)cc2)c1C(=O)Nc1ccc2[nH]ncc2c1. The quantitative estimate of drug-likeness (QED) is 0.309. The van der Waals surface area contributed by atoms with E-state index in [-0.39, 0.29) is 28.3 Å². The second-order valence-corrected chi connectivity index (χ2v) is 7.92. The zero-order valence-electron chi connectivity index (χ0n) is 18.6. The summed E-state index contributed by atoms with van der Waals surface area (Å²) in [4.78, 5) is 25.6. The monoisotopic (exact) mass is 492 g/mol. The number of nitrogens with zero attached hydrogens (tertiary/aromatic N) is 4. The first-order valence-corrected chi connectivity index (χ1v) is 10.6. The number of hydrogen-bond donors (Lipinski definition) is 2. The van der Waals surface area contributed by atoms with Gasteiger partial charge in [0.25, 0.3) is 5.91 Å². The molecule has 3 aromatic heterocycles. The van der Waals surface area contributed by atoms with Crippen LogP contribution in [-0.2, 0) is 6.18 Å². The van der Waals surface area contributed by atoms with Crippen LogP contribution in [0.5, 0.6) is 0 Å². The standard InChI is InChI=1S/C25H16F4N6O/c1-13-21(24(36)33-18-7-8-19-16(10-18)12-31-35-19)22(14-2-5-17(26)6-3-14)34-23(32-13)15-4-9-20(30-11-15)25(27,28)29/h2-12H,1H3,(H,31,35)(H,33,36). The Morgan fingerprint density at radius 1 is 0.944 bits per heavy atom. The van der Waals surface area contributed by atoms with Crippen molar-refractivity contribution in [2.24, 2.45) is 0 Å². The first kappa shape index (κ1) is 23.1. The third-order valence-electron chi connectivity index (χ3n) is 5.44. The van der Waals surface area contributed by atoms with Gasteiger partial charge in [-0.05, 0) is 61.5 Å². The van der Waals surface area contributed by atoms with Gasteiger partial charge < -0.3 is 5.32 Å². The highest BCUT2D eigenvalue weighted by atomic mass is 19.4. The number of amides is 1. The van der Waals surface area contributed by atoms with E-state index in [0.29, 0.717) is 11.3 Å². The van der Waals surface area contributed by atoms with E-state index < -0.39 is 23.6 Å². The Morgan fingerprint density at radius 3 is 2.39 bits per heavy atom. The molecule has 0 saturated carbocycles. The molecule has 36 heavy (non-hydrogen) atoms. The molecule has 0 aliphatic heterocycles. The molecule has 0 spiro atoms. The number of nitrogens with one attached hydrogen (secondary N) is 2. The number of benzene rings is 2. The number of carbonyl (C=O) groups is 1. The third kappa shape index (κ3) is 4.50. The summed E-state index contributed by atoms with van der Waals surface area (Å²) >= 11 is 0.